The summed E-state index contributed by atoms with van der Waals surface area (Å²) in [4.78, 5) is 19.1. The average molecular weight is 207 g/mol. The van der Waals surface area contributed by atoms with Crippen molar-refractivity contribution in [3.05, 3.63) is 35.7 Å². The highest BCUT2D eigenvalue weighted by molar-refractivity contribution is 6.17. The van der Waals surface area contributed by atoms with Crippen LogP contribution >= 0.6 is 11.6 Å². The number of hydrogen-bond donors (Lipinski definition) is 0. The highest BCUT2D eigenvalue weighted by Crippen LogP contribution is 2.12. The molecule has 1 aromatic carbocycles. The van der Waals surface area contributed by atoms with Gasteiger partial charge in [-0.05, 0) is 12.1 Å². The standard InChI is InChI=1S/C10H7ClN2O/c11-5-9-10(6-14)13-8-4-2-1-3-7(8)12-9/h1-4,6H,5H2. The Morgan fingerprint density at radius 1 is 1.21 bits per heavy atom. The number of carbonyl (C=O) groups is 1. The first-order valence-corrected chi connectivity index (χ1v) is 4.65. The molecule has 0 aliphatic carbocycles. The Kier molecular flexibility index (Phi) is 2.41. The minimum atomic E-state index is 0.200. The third-order valence-corrected chi connectivity index (χ3v) is 2.17. The molecule has 2 rings (SSSR count). The molecule has 0 aliphatic rings. The lowest BCUT2D eigenvalue weighted by Gasteiger charge is -2.01. The van der Waals surface area contributed by atoms with Gasteiger partial charge in [-0.3, -0.25) is 4.79 Å². The number of fused-ring (bicyclic) bond motifs is 1. The van der Waals surface area contributed by atoms with E-state index in [1.165, 1.54) is 0 Å². The molecule has 0 N–H and O–H groups in total. The second-order valence-corrected chi connectivity index (χ2v) is 3.06. The van der Waals surface area contributed by atoms with Crippen molar-refractivity contribution in [3.8, 4) is 0 Å². The number of rotatable bonds is 2. The maximum absolute atomic E-state index is 10.7. The van der Waals surface area contributed by atoms with Gasteiger partial charge in [0, 0.05) is 0 Å². The van der Waals surface area contributed by atoms with E-state index in [0.717, 1.165) is 5.52 Å². The van der Waals surface area contributed by atoms with Crippen LogP contribution in [-0.2, 0) is 5.88 Å². The molecule has 0 aliphatic heterocycles. The number of hydrogen-bond acceptors (Lipinski definition) is 3. The van der Waals surface area contributed by atoms with Crippen molar-refractivity contribution in [2.75, 3.05) is 0 Å². The fourth-order valence-corrected chi connectivity index (χ4v) is 1.44. The number of halogens is 1. The zero-order valence-electron chi connectivity index (χ0n) is 7.27. The van der Waals surface area contributed by atoms with Crippen molar-refractivity contribution in [3.63, 3.8) is 0 Å². The molecule has 0 radical (unpaired) electrons. The quantitative estimate of drug-likeness (QED) is 0.559. The van der Waals surface area contributed by atoms with Gasteiger partial charge in [-0.1, -0.05) is 12.1 Å². The molecule has 14 heavy (non-hydrogen) atoms. The molecule has 0 unspecified atom stereocenters. The Bertz CT molecular complexity index is 485. The third kappa shape index (κ3) is 1.46. The molecule has 0 saturated carbocycles. The topological polar surface area (TPSA) is 42.9 Å². The van der Waals surface area contributed by atoms with Gasteiger partial charge in [0.05, 0.1) is 22.6 Å². The summed E-state index contributed by atoms with van der Waals surface area (Å²) in [7, 11) is 0. The van der Waals surface area contributed by atoms with Crippen molar-refractivity contribution in [2.24, 2.45) is 0 Å². The van der Waals surface area contributed by atoms with Gasteiger partial charge < -0.3 is 0 Å². The highest BCUT2D eigenvalue weighted by Gasteiger charge is 2.05. The fourth-order valence-electron chi connectivity index (χ4n) is 1.24. The van der Waals surface area contributed by atoms with Crippen LogP contribution in [0, 0.1) is 0 Å². The summed E-state index contributed by atoms with van der Waals surface area (Å²) in [6.45, 7) is 0. The number of alkyl halides is 1. The lowest BCUT2D eigenvalue weighted by Crippen LogP contribution is -1.99. The normalized spacial score (nSPS) is 10.4. The number of aldehydes is 1. The number of aromatic nitrogens is 2. The van der Waals surface area contributed by atoms with Gasteiger partial charge in [0.25, 0.3) is 0 Å². The molecule has 0 amide bonds. The number of para-hydroxylation sites is 2. The number of benzene rings is 1. The zero-order chi connectivity index (χ0) is 9.97. The Labute approximate surface area is 85.7 Å². The fraction of sp³-hybridized carbons (Fsp3) is 0.100. The van der Waals surface area contributed by atoms with Crippen LogP contribution in [0.15, 0.2) is 24.3 Å². The van der Waals surface area contributed by atoms with Crippen LogP contribution in [0.25, 0.3) is 11.0 Å². The van der Waals surface area contributed by atoms with E-state index in [9.17, 15) is 4.79 Å². The average Bonchev–Trinajstić information content (AvgIpc) is 2.27. The second-order valence-electron chi connectivity index (χ2n) is 2.80. The molecule has 0 fully saturated rings. The Morgan fingerprint density at radius 2 is 1.86 bits per heavy atom. The van der Waals surface area contributed by atoms with E-state index in [2.05, 4.69) is 9.97 Å². The SMILES string of the molecule is O=Cc1nc2ccccc2nc1CCl. The number of nitrogens with zero attached hydrogens (tertiary/aromatic N) is 2. The van der Waals surface area contributed by atoms with E-state index in [-0.39, 0.29) is 5.88 Å². The van der Waals surface area contributed by atoms with Crippen LogP contribution in [0.5, 0.6) is 0 Å². The Hall–Kier alpha value is -1.48. The van der Waals surface area contributed by atoms with Gasteiger partial charge in [-0.2, -0.15) is 0 Å². The molecule has 3 nitrogen and oxygen atoms in total. The van der Waals surface area contributed by atoms with Crippen molar-refractivity contribution in [1.29, 1.82) is 0 Å². The van der Waals surface area contributed by atoms with E-state index in [1.807, 2.05) is 24.3 Å². The lowest BCUT2D eigenvalue weighted by atomic mass is 10.2. The molecule has 2 aromatic rings. The third-order valence-electron chi connectivity index (χ3n) is 1.91. The predicted molar refractivity (Wildman–Crippen MR) is 54.5 cm³/mol. The van der Waals surface area contributed by atoms with Crippen molar-refractivity contribution < 1.29 is 4.79 Å². The molecule has 0 spiro atoms. The molecule has 0 atom stereocenters. The maximum atomic E-state index is 10.7. The first-order valence-electron chi connectivity index (χ1n) is 4.12. The van der Waals surface area contributed by atoms with Gasteiger partial charge in [0.15, 0.2) is 6.29 Å². The van der Waals surface area contributed by atoms with E-state index < -0.39 is 0 Å². The summed E-state index contributed by atoms with van der Waals surface area (Å²) in [5.74, 6) is 0.200. The molecule has 4 heteroatoms. The summed E-state index contributed by atoms with van der Waals surface area (Å²) in [5.41, 5.74) is 2.32. The van der Waals surface area contributed by atoms with E-state index >= 15 is 0 Å². The van der Waals surface area contributed by atoms with Crippen LogP contribution in [0.2, 0.25) is 0 Å². The summed E-state index contributed by atoms with van der Waals surface area (Å²) >= 11 is 5.65. The molecule has 70 valence electrons. The molecule has 0 bridgehead atoms. The van der Waals surface area contributed by atoms with Crippen LogP contribution in [0.1, 0.15) is 16.2 Å². The van der Waals surface area contributed by atoms with E-state index in [0.29, 0.717) is 23.2 Å². The molecule has 1 heterocycles. The zero-order valence-corrected chi connectivity index (χ0v) is 8.03. The molecule has 0 saturated heterocycles. The lowest BCUT2D eigenvalue weighted by molar-refractivity contribution is 0.111. The minimum absolute atomic E-state index is 0.200. The van der Waals surface area contributed by atoms with Crippen LogP contribution in [-0.4, -0.2) is 16.3 Å². The summed E-state index contributed by atoms with van der Waals surface area (Å²) in [6, 6.07) is 7.38. The molecular formula is C10H7ClN2O. The molecular weight excluding hydrogens is 200 g/mol. The minimum Gasteiger partial charge on any atom is -0.296 e. The highest BCUT2D eigenvalue weighted by atomic mass is 35.5. The van der Waals surface area contributed by atoms with Gasteiger partial charge in [-0.15, -0.1) is 11.6 Å². The number of carbonyl (C=O) groups excluding carboxylic acids is 1. The van der Waals surface area contributed by atoms with Crippen molar-refractivity contribution in [2.45, 2.75) is 5.88 Å². The first-order chi connectivity index (χ1) is 6.85. The van der Waals surface area contributed by atoms with E-state index in [4.69, 9.17) is 11.6 Å². The van der Waals surface area contributed by atoms with Gasteiger partial charge in [0.1, 0.15) is 5.69 Å². The van der Waals surface area contributed by atoms with Gasteiger partial charge >= 0.3 is 0 Å². The van der Waals surface area contributed by atoms with Crippen LogP contribution in [0.4, 0.5) is 0 Å². The molecule has 1 aromatic heterocycles. The maximum Gasteiger partial charge on any atom is 0.170 e. The smallest absolute Gasteiger partial charge is 0.170 e. The van der Waals surface area contributed by atoms with Crippen molar-refractivity contribution in [1.82, 2.24) is 9.97 Å². The Morgan fingerprint density at radius 3 is 2.43 bits per heavy atom. The summed E-state index contributed by atoms with van der Waals surface area (Å²) in [6.07, 6.45) is 0.678. The predicted octanol–water partition coefficient (Wildman–Crippen LogP) is 2.18. The summed E-state index contributed by atoms with van der Waals surface area (Å²) < 4.78 is 0. The van der Waals surface area contributed by atoms with Crippen LogP contribution in [0.3, 0.4) is 0 Å². The Balaban J connectivity index is 2.75. The largest absolute Gasteiger partial charge is 0.296 e. The van der Waals surface area contributed by atoms with Crippen LogP contribution < -0.4 is 0 Å². The van der Waals surface area contributed by atoms with Crippen molar-refractivity contribution >= 4 is 28.9 Å². The van der Waals surface area contributed by atoms with Gasteiger partial charge in [-0.25, -0.2) is 9.97 Å². The van der Waals surface area contributed by atoms with Gasteiger partial charge in [0.2, 0.25) is 0 Å². The second kappa shape index (κ2) is 3.72. The summed E-state index contributed by atoms with van der Waals surface area (Å²) in [5, 5.41) is 0. The monoisotopic (exact) mass is 206 g/mol. The van der Waals surface area contributed by atoms with E-state index in [1.54, 1.807) is 0 Å². The first kappa shape index (κ1) is 9.09.